The van der Waals surface area contributed by atoms with E-state index >= 15 is 0 Å². The molecule has 0 saturated carbocycles. The standard InChI is InChI=1S/C15H19FN6O2S/c1-9(21(2)3)13-19-20-15(25-8-12(23)18-14(17)24)22(13)11-6-4-10(16)5-7-11/h4-7,9H,8H2,1-3H3,(H3,17,18,23,24)/t9-/m1/s1. The Balaban J connectivity index is 2.34. The Morgan fingerprint density at radius 3 is 2.52 bits per heavy atom. The minimum atomic E-state index is -0.910. The number of hydrogen-bond acceptors (Lipinski definition) is 6. The zero-order chi connectivity index (χ0) is 18.6. The molecule has 0 aliphatic carbocycles. The van der Waals surface area contributed by atoms with Crippen molar-refractivity contribution in [2.75, 3.05) is 19.8 Å². The van der Waals surface area contributed by atoms with E-state index < -0.39 is 11.9 Å². The lowest BCUT2D eigenvalue weighted by molar-refractivity contribution is -0.117. The summed E-state index contributed by atoms with van der Waals surface area (Å²) in [7, 11) is 3.81. The van der Waals surface area contributed by atoms with Crippen LogP contribution in [0.4, 0.5) is 9.18 Å². The first kappa shape index (κ1) is 18.9. The van der Waals surface area contributed by atoms with Crippen LogP contribution in [0, 0.1) is 5.82 Å². The Labute approximate surface area is 148 Å². The summed E-state index contributed by atoms with van der Waals surface area (Å²) in [6, 6.07) is 4.93. The van der Waals surface area contributed by atoms with Crippen LogP contribution in [0.25, 0.3) is 5.69 Å². The van der Waals surface area contributed by atoms with Crippen LogP contribution >= 0.6 is 11.8 Å². The highest BCUT2D eigenvalue weighted by Gasteiger charge is 2.21. The van der Waals surface area contributed by atoms with Crippen molar-refractivity contribution >= 4 is 23.7 Å². The SMILES string of the molecule is C[C@H](c1nnc(SCC(=O)NC(N)=O)n1-c1ccc(F)cc1)N(C)C. The fourth-order valence-electron chi connectivity index (χ4n) is 2.01. The third-order valence-corrected chi connectivity index (χ3v) is 4.42. The highest BCUT2D eigenvalue weighted by atomic mass is 32.2. The fourth-order valence-corrected chi connectivity index (χ4v) is 2.77. The minimum absolute atomic E-state index is 0.0569. The van der Waals surface area contributed by atoms with Crippen LogP contribution in [-0.4, -0.2) is 51.5 Å². The van der Waals surface area contributed by atoms with Crippen LogP contribution in [-0.2, 0) is 4.79 Å². The molecule has 10 heteroatoms. The van der Waals surface area contributed by atoms with Gasteiger partial charge in [0.25, 0.3) is 0 Å². The molecule has 1 heterocycles. The van der Waals surface area contributed by atoms with E-state index in [-0.39, 0.29) is 17.6 Å². The van der Waals surface area contributed by atoms with Crippen molar-refractivity contribution in [2.45, 2.75) is 18.1 Å². The second-order valence-corrected chi connectivity index (χ2v) is 6.44. The molecule has 3 N–H and O–H groups in total. The van der Waals surface area contributed by atoms with Gasteiger partial charge in [0.1, 0.15) is 5.82 Å². The maximum Gasteiger partial charge on any atom is 0.318 e. The second kappa shape index (κ2) is 8.08. The molecule has 1 aromatic heterocycles. The predicted octanol–water partition coefficient (Wildman–Crippen LogP) is 1.32. The van der Waals surface area contributed by atoms with Gasteiger partial charge >= 0.3 is 6.03 Å². The number of amides is 3. The number of urea groups is 1. The summed E-state index contributed by atoms with van der Waals surface area (Å²) in [6.07, 6.45) is 0. The van der Waals surface area contributed by atoms with Crippen molar-refractivity contribution in [1.82, 2.24) is 25.0 Å². The van der Waals surface area contributed by atoms with Crippen LogP contribution in [0.5, 0.6) is 0 Å². The number of benzene rings is 1. The molecule has 1 aromatic carbocycles. The summed E-state index contributed by atoms with van der Waals surface area (Å²) in [4.78, 5) is 24.3. The Morgan fingerprint density at radius 2 is 1.96 bits per heavy atom. The van der Waals surface area contributed by atoms with Crippen molar-refractivity contribution in [2.24, 2.45) is 5.73 Å². The van der Waals surface area contributed by atoms with Gasteiger partial charge in [-0.2, -0.15) is 0 Å². The van der Waals surface area contributed by atoms with Crippen molar-refractivity contribution in [3.8, 4) is 5.69 Å². The first-order chi connectivity index (χ1) is 11.8. The molecule has 0 saturated heterocycles. The van der Waals surface area contributed by atoms with E-state index in [9.17, 15) is 14.0 Å². The van der Waals surface area contributed by atoms with Gasteiger partial charge in [0.05, 0.1) is 11.8 Å². The van der Waals surface area contributed by atoms with Gasteiger partial charge in [-0.3, -0.25) is 19.6 Å². The zero-order valence-corrected chi connectivity index (χ0v) is 14.9. The molecule has 2 rings (SSSR count). The largest absolute Gasteiger partial charge is 0.351 e. The molecule has 0 bridgehead atoms. The monoisotopic (exact) mass is 366 g/mol. The van der Waals surface area contributed by atoms with Gasteiger partial charge in [0.2, 0.25) is 5.91 Å². The molecule has 8 nitrogen and oxygen atoms in total. The van der Waals surface area contributed by atoms with E-state index in [0.717, 1.165) is 11.8 Å². The molecule has 3 amide bonds. The maximum atomic E-state index is 13.2. The van der Waals surface area contributed by atoms with E-state index in [1.54, 1.807) is 16.7 Å². The zero-order valence-electron chi connectivity index (χ0n) is 14.1. The number of hydrogen-bond donors (Lipinski definition) is 2. The summed E-state index contributed by atoms with van der Waals surface area (Å²) in [5.74, 6) is -0.296. The molecule has 0 aliphatic heterocycles. The highest BCUT2D eigenvalue weighted by Crippen LogP contribution is 2.26. The summed E-state index contributed by atoms with van der Waals surface area (Å²) in [5, 5.41) is 10.8. The van der Waals surface area contributed by atoms with Crippen molar-refractivity contribution in [3.05, 3.63) is 35.9 Å². The summed E-state index contributed by atoms with van der Waals surface area (Å²) < 4.78 is 15.0. The second-order valence-electron chi connectivity index (χ2n) is 5.49. The molecule has 0 spiro atoms. The fraction of sp³-hybridized carbons (Fsp3) is 0.333. The molecule has 134 valence electrons. The number of aromatic nitrogens is 3. The topological polar surface area (TPSA) is 106 Å². The van der Waals surface area contributed by atoms with Gasteiger partial charge in [0.15, 0.2) is 11.0 Å². The molecule has 0 fully saturated rings. The van der Waals surface area contributed by atoms with E-state index in [4.69, 9.17) is 5.73 Å². The Kier molecular flexibility index (Phi) is 6.10. The third-order valence-electron chi connectivity index (χ3n) is 3.49. The highest BCUT2D eigenvalue weighted by molar-refractivity contribution is 7.99. The third kappa shape index (κ3) is 4.77. The first-order valence-corrected chi connectivity index (χ1v) is 8.38. The average Bonchev–Trinajstić information content (AvgIpc) is 2.96. The van der Waals surface area contributed by atoms with Crippen molar-refractivity contribution in [1.29, 1.82) is 0 Å². The lowest BCUT2D eigenvalue weighted by Gasteiger charge is -2.20. The Morgan fingerprint density at radius 1 is 1.32 bits per heavy atom. The number of thioether (sulfide) groups is 1. The van der Waals surface area contributed by atoms with E-state index in [0.29, 0.717) is 16.7 Å². The number of nitrogens with one attached hydrogen (secondary N) is 1. The lowest BCUT2D eigenvalue weighted by Crippen LogP contribution is -2.36. The maximum absolute atomic E-state index is 13.2. The number of carbonyl (C=O) groups is 2. The minimum Gasteiger partial charge on any atom is -0.351 e. The molecule has 25 heavy (non-hydrogen) atoms. The van der Waals surface area contributed by atoms with E-state index in [2.05, 4.69) is 10.2 Å². The average molecular weight is 366 g/mol. The summed E-state index contributed by atoms with van der Waals surface area (Å²) in [5.41, 5.74) is 5.59. The normalized spacial score (nSPS) is 12.2. The quantitative estimate of drug-likeness (QED) is 0.747. The Hall–Kier alpha value is -2.46. The lowest BCUT2D eigenvalue weighted by atomic mass is 10.2. The van der Waals surface area contributed by atoms with Crippen molar-refractivity contribution in [3.63, 3.8) is 0 Å². The molecule has 0 unspecified atom stereocenters. The molecule has 0 aliphatic rings. The van der Waals surface area contributed by atoms with Gasteiger partial charge in [-0.1, -0.05) is 11.8 Å². The summed E-state index contributed by atoms with van der Waals surface area (Å²) >= 11 is 1.10. The van der Waals surface area contributed by atoms with Crippen LogP contribution in [0.15, 0.2) is 29.4 Å². The Bertz CT molecular complexity index is 762. The summed E-state index contributed by atoms with van der Waals surface area (Å²) in [6.45, 7) is 1.96. The number of imide groups is 1. The van der Waals surface area contributed by atoms with Gasteiger partial charge in [-0.25, -0.2) is 9.18 Å². The van der Waals surface area contributed by atoms with Gasteiger partial charge in [-0.15, -0.1) is 10.2 Å². The van der Waals surface area contributed by atoms with Crippen LogP contribution < -0.4 is 11.1 Å². The van der Waals surface area contributed by atoms with E-state index in [1.165, 1.54) is 12.1 Å². The number of halogens is 1. The van der Waals surface area contributed by atoms with Gasteiger partial charge in [-0.05, 0) is 45.3 Å². The van der Waals surface area contributed by atoms with Crippen LogP contribution in [0.2, 0.25) is 0 Å². The molecular formula is C15H19FN6O2S. The molecule has 1 atom stereocenters. The number of carbonyl (C=O) groups excluding carboxylic acids is 2. The van der Waals surface area contributed by atoms with Gasteiger partial charge in [0, 0.05) is 5.69 Å². The van der Waals surface area contributed by atoms with Crippen LogP contribution in [0.1, 0.15) is 18.8 Å². The van der Waals surface area contributed by atoms with Crippen LogP contribution in [0.3, 0.4) is 0 Å². The molecular weight excluding hydrogens is 347 g/mol. The number of nitrogens with zero attached hydrogens (tertiary/aromatic N) is 4. The van der Waals surface area contributed by atoms with E-state index in [1.807, 2.05) is 31.2 Å². The van der Waals surface area contributed by atoms with Crippen molar-refractivity contribution < 1.29 is 14.0 Å². The number of rotatable bonds is 6. The molecule has 0 radical (unpaired) electrons. The predicted molar refractivity (Wildman–Crippen MR) is 91.9 cm³/mol. The first-order valence-electron chi connectivity index (χ1n) is 7.39. The molecule has 2 aromatic rings. The van der Waals surface area contributed by atoms with Gasteiger partial charge < -0.3 is 5.73 Å². The number of primary amides is 1. The number of nitrogens with two attached hydrogens (primary N) is 1. The smallest absolute Gasteiger partial charge is 0.318 e.